The van der Waals surface area contributed by atoms with Crippen molar-refractivity contribution < 1.29 is 9.53 Å². The van der Waals surface area contributed by atoms with Crippen LogP contribution in [-0.2, 0) is 4.79 Å². The molecule has 0 bridgehead atoms. The molecule has 4 nitrogen and oxygen atoms in total. The van der Waals surface area contributed by atoms with Crippen molar-refractivity contribution >= 4 is 30.1 Å². The van der Waals surface area contributed by atoms with E-state index in [2.05, 4.69) is 19.2 Å². The van der Waals surface area contributed by atoms with Crippen LogP contribution >= 0.6 is 24.2 Å². The van der Waals surface area contributed by atoms with Gasteiger partial charge in [-0.15, -0.1) is 24.2 Å². The van der Waals surface area contributed by atoms with Crippen molar-refractivity contribution in [1.29, 1.82) is 0 Å². The highest BCUT2D eigenvalue weighted by Crippen LogP contribution is 2.23. The Bertz CT molecular complexity index is 471. The number of methoxy groups -OCH3 is 1. The summed E-state index contributed by atoms with van der Waals surface area (Å²) in [5, 5.41) is 3.06. The minimum absolute atomic E-state index is 0. The lowest BCUT2D eigenvalue weighted by molar-refractivity contribution is -0.120. The van der Waals surface area contributed by atoms with Crippen LogP contribution in [0.2, 0.25) is 0 Å². The molecule has 0 saturated heterocycles. The van der Waals surface area contributed by atoms with E-state index in [4.69, 9.17) is 10.5 Å². The fourth-order valence-corrected chi connectivity index (χ4v) is 3.04. The van der Waals surface area contributed by atoms with Crippen molar-refractivity contribution in [3.63, 3.8) is 0 Å². The Balaban J connectivity index is 0.00000441. The lowest BCUT2D eigenvalue weighted by atomic mass is 9.91. The molecule has 1 rings (SSSR count). The van der Waals surface area contributed by atoms with Gasteiger partial charge in [0.05, 0.1) is 12.9 Å². The number of ether oxygens (including phenoxy) is 1. The van der Waals surface area contributed by atoms with Crippen molar-refractivity contribution in [2.45, 2.75) is 37.6 Å². The molecular formula is C16H27ClN2O2S. The predicted octanol–water partition coefficient (Wildman–Crippen LogP) is 3.09. The normalized spacial score (nSPS) is 13.2. The Kier molecular flexibility index (Phi) is 9.56. The van der Waals surface area contributed by atoms with Crippen molar-refractivity contribution in [3.8, 4) is 5.75 Å². The zero-order chi connectivity index (χ0) is 15.9. The number of thioether (sulfide) groups is 1. The molecule has 0 aliphatic carbocycles. The van der Waals surface area contributed by atoms with E-state index in [0.717, 1.165) is 17.1 Å². The first-order chi connectivity index (χ1) is 9.88. The topological polar surface area (TPSA) is 64.3 Å². The van der Waals surface area contributed by atoms with Crippen molar-refractivity contribution in [1.82, 2.24) is 5.32 Å². The third-order valence-corrected chi connectivity index (χ3v) is 4.16. The van der Waals surface area contributed by atoms with E-state index in [9.17, 15) is 4.79 Å². The van der Waals surface area contributed by atoms with Gasteiger partial charge in [0.1, 0.15) is 5.75 Å². The molecule has 6 heteroatoms. The van der Waals surface area contributed by atoms with Gasteiger partial charge in [-0.05, 0) is 37.5 Å². The van der Waals surface area contributed by atoms with Gasteiger partial charge in [-0.2, -0.15) is 0 Å². The number of hydrogen-bond donors (Lipinski definition) is 2. The average Bonchev–Trinajstić information content (AvgIpc) is 2.44. The van der Waals surface area contributed by atoms with E-state index >= 15 is 0 Å². The summed E-state index contributed by atoms with van der Waals surface area (Å²) in [5.74, 6) is 1.68. The van der Waals surface area contributed by atoms with Crippen LogP contribution in [0.3, 0.4) is 0 Å². The molecule has 1 atom stereocenters. The number of nitrogens with one attached hydrogen (secondary N) is 1. The molecule has 1 amide bonds. The Labute approximate surface area is 144 Å². The van der Waals surface area contributed by atoms with E-state index < -0.39 is 0 Å². The summed E-state index contributed by atoms with van der Waals surface area (Å²) < 4.78 is 5.17. The summed E-state index contributed by atoms with van der Waals surface area (Å²) in [4.78, 5) is 13.1. The van der Waals surface area contributed by atoms with Crippen LogP contribution in [-0.4, -0.2) is 30.9 Å². The number of carbonyl (C=O) groups is 1. The summed E-state index contributed by atoms with van der Waals surface area (Å²) in [5.41, 5.74) is 5.48. The largest absolute Gasteiger partial charge is 0.497 e. The summed E-state index contributed by atoms with van der Waals surface area (Å²) in [7, 11) is 1.63. The van der Waals surface area contributed by atoms with E-state index in [0.29, 0.717) is 18.2 Å². The predicted molar refractivity (Wildman–Crippen MR) is 96.0 cm³/mol. The number of nitrogens with two attached hydrogens (primary N) is 1. The molecule has 0 saturated carbocycles. The van der Waals surface area contributed by atoms with Crippen molar-refractivity contribution in [2.24, 2.45) is 11.7 Å². The fourth-order valence-electron chi connectivity index (χ4n) is 2.30. The third kappa shape index (κ3) is 7.38. The minimum Gasteiger partial charge on any atom is -0.497 e. The standard InChI is InChI=1S/C16H26N2O2S.ClH/c1-12(2)9-16(3,11-17)18-15(19)10-21-14-7-5-6-13(8-14)20-4;/h5-8,12H,9-11,17H2,1-4H3,(H,18,19);1H. The molecule has 0 fully saturated rings. The quantitative estimate of drug-likeness (QED) is 0.710. The first-order valence-corrected chi connectivity index (χ1v) is 8.15. The molecular weight excluding hydrogens is 320 g/mol. The monoisotopic (exact) mass is 346 g/mol. The highest BCUT2D eigenvalue weighted by atomic mass is 35.5. The molecule has 22 heavy (non-hydrogen) atoms. The number of rotatable bonds is 8. The average molecular weight is 347 g/mol. The van der Waals surface area contributed by atoms with Crippen LogP contribution in [0, 0.1) is 5.92 Å². The zero-order valence-electron chi connectivity index (χ0n) is 13.7. The molecule has 0 aromatic heterocycles. The van der Waals surface area contributed by atoms with Gasteiger partial charge in [0.15, 0.2) is 0 Å². The van der Waals surface area contributed by atoms with Gasteiger partial charge in [-0.1, -0.05) is 19.9 Å². The number of benzene rings is 1. The minimum atomic E-state index is -0.333. The van der Waals surface area contributed by atoms with Crippen molar-refractivity contribution in [2.75, 3.05) is 19.4 Å². The molecule has 126 valence electrons. The van der Waals surface area contributed by atoms with Gasteiger partial charge in [0, 0.05) is 17.0 Å². The lowest BCUT2D eigenvalue weighted by Gasteiger charge is -2.31. The molecule has 0 radical (unpaired) electrons. The van der Waals surface area contributed by atoms with Crippen LogP contribution in [0.1, 0.15) is 27.2 Å². The van der Waals surface area contributed by atoms with Crippen LogP contribution in [0.25, 0.3) is 0 Å². The van der Waals surface area contributed by atoms with Gasteiger partial charge in [-0.25, -0.2) is 0 Å². The molecule has 1 aromatic carbocycles. The maximum absolute atomic E-state index is 12.1. The first kappa shape index (κ1) is 21.1. The third-order valence-electron chi connectivity index (χ3n) is 3.16. The van der Waals surface area contributed by atoms with E-state index in [-0.39, 0.29) is 23.9 Å². The Hall–Kier alpha value is -0.910. The maximum atomic E-state index is 12.1. The number of halogens is 1. The highest BCUT2D eigenvalue weighted by molar-refractivity contribution is 8.00. The fraction of sp³-hybridized carbons (Fsp3) is 0.562. The molecule has 0 aliphatic heterocycles. The van der Waals surface area contributed by atoms with Crippen molar-refractivity contribution in [3.05, 3.63) is 24.3 Å². The molecule has 0 heterocycles. The smallest absolute Gasteiger partial charge is 0.230 e. The van der Waals surface area contributed by atoms with Gasteiger partial charge < -0.3 is 15.8 Å². The van der Waals surface area contributed by atoms with Gasteiger partial charge in [-0.3, -0.25) is 4.79 Å². The van der Waals surface area contributed by atoms with Crippen LogP contribution in [0.4, 0.5) is 0 Å². The first-order valence-electron chi connectivity index (χ1n) is 7.16. The Morgan fingerprint density at radius 2 is 2.14 bits per heavy atom. The highest BCUT2D eigenvalue weighted by Gasteiger charge is 2.25. The molecule has 3 N–H and O–H groups in total. The van der Waals surface area contributed by atoms with Crippen LogP contribution in [0.15, 0.2) is 29.2 Å². The van der Waals surface area contributed by atoms with Gasteiger partial charge in [0.25, 0.3) is 0 Å². The second-order valence-electron chi connectivity index (χ2n) is 5.88. The lowest BCUT2D eigenvalue weighted by Crippen LogP contribution is -2.52. The molecule has 0 spiro atoms. The SMILES string of the molecule is COc1cccc(SCC(=O)NC(C)(CN)CC(C)C)c1.Cl. The van der Waals surface area contributed by atoms with Crippen LogP contribution in [0.5, 0.6) is 5.75 Å². The van der Waals surface area contributed by atoms with E-state index in [1.165, 1.54) is 11.8 Å². The number of amides is 1. The zero-order valence-corrected chi connectivity index (χ0v) is 15.4. The maximum Gasteiger partial charge on any atom is 0.230 e. The second-order valence-corrected chi connectivity index (χ2v) is 6.93. The molecule has 0 aliphatic rings. The number of hydrogen-bond acceptors (Lipinski definition) is 4. The Morgan fingerprint density at radius 1 is 1.45 bits per heavy atom. The summed E-state index contributed by atoms with van der Waals surface area (Å²) in [6.45, 7) is 6.71. The second kappa shape index (κ2) is 9.98. The van der Waals surface area contributed by atoms with E-state index in [1.54, 1.807) is 7.11 Å². The summed E-state index contributed by atoms with van der Waals surface area (Å²) in [6, 6.07) is 7.70. The van der Waals surface area contributed by atoms with Gasteiger partial charge in [0.2, 0.25) is 5.91 Å². The van der Waals surface area contributed by atoms with E-state index in [1.807, 2.05) is 31.2 Å². The number of carbonyl (C=O) groups excluding carboxylic acids is 1. The summed E-state index contributed by atoms with van der Waals surface area (Å²) in [6.07, 6.45) is 0.874. The Morgan fingerprint density at radius 3 is 2.68 bits per heavy atom. The summed E-state index contributed by atoms with van der Waals surface area (Å²) >= 11 is 1.50. The van der Waals surface area contributed by atoms with Gasteiger partial charge >= 0.3 is 0 Å². The molecule has 1 unspecified atom stereocenters. The van der Waals surface area contributed by atoms with Crippen LogP contribution < -0.4 is 15.8 Å². The molecule has 1 aromatic rings.